The smallest absolute Gasteiger partial charge is 0.417 e. The first-order valence-electron chi connectivity index (χ1n) is 9.62. The summed E-state index contributed by atoms with van der Waals surface area (Å²) < 4.78 is 46.4. The van der Waals surface area contributed by atoms with Crippen molar-refractivity contribution in [2.24, 2.45) is 7.05 Å². The number of carbonyl (C=O) groups excluding carboxylic acids is 1. The fourth-order valence-electron chi connectivity index (χ4n) is 3.17. The monoisotopic (exact) mass is 475 g/mol. The lowest BCUT2D eigenvalue weighted by Crippen LogP contribution is -2.18. The molecule has 33 heavy (non-hydrogen) atoms. The lowest BCUT2D eigenvalue weighted by atomic mass is 10.2. The number of amides is 1. The minimum Gasteiger partial charge on any atom is -0.457 e. The van der Waals surface area contributed by atoms with E-state index in [-0.39, 0.29) is 11.6 Å². The number of imidazole rings is 1. The van der Waals surface area contributed by atoms with Gasteiger partial charge in [0.25, 0.3) is 5.91 Å². The summed E-state index contributed by atoms with van der Waals surface area (Å²) in [6, 6.07) is 11.8. The van der Waals surface area contributed by atoms with Crippen molar-refractivity contribution in [3.63, 3.8) is 0 Å². The van der Waals surface area contributed by atoms with Crippen LogP contribution in [0.25, 0.3) is 11.0 Å². The standard InChI is InChI=1S/C22H17ClF3N5O2/c1-27-20(32)18-11-14(7-8-28-18)33-13-4-6-19-17(10-13)30-21(31(19)2)29-12-3-5-15(16(23)9-12)22(24,25)26/h3-11H,1-2H3,(H,27,32)(H,29,30). The van der Waals surface area contributed by atoms with Gasteiger partial charge in [0.15, 0.2) is 0 Å². The van der Waals surface area contributed by atoms with E-state index in [1.165, 1.54) is 31.4 Å². The van der Waals surface area contributed by atoms with Gasteiger partial charge in [-0.25, -0.2) is 4.98 Å². The average Bonchev–Trinajstić information content (AvgIpc) is 3.07. The number of aromatic nitrogens is 3. The average molecular weight is 476 g/mol. The number of nitrogens with one attached hydrogen (secondary N) is 2. The second kappa shape index (κ2) is 8.62. The van der Waals surface area contributed by atoms with Crippen LogP contribution in [0.15, 0.2) is 54.7 Å². The van der Waals surface area contributed by atoms with Gasteiger partial charge >= 0.3 is 6.18 Å². The number of halogens is 4. The first kappa shape index (κ1) is 22.4. The highest BCUT2D eigenvalue weighted by atomic mass is 35.5. The summed E-state index contributed by atoms with van der Waals surface area (Å²) in [5.41, 5.74) is 1.04. The molecule has 0 unspecified atom stereocenters. The number of alkyl halides is 3. The number of fused-ring (bicyclic) bond motifs is 1. The highest BCUT2D eigenvalue weighted by Gasteiger charge is 2.33. The molecule has 11 heteroatoms. The molecule has 0 bridgehead atoms. The van der Waals surface area contributed by atoms with Crippen molar-refractivity contribution < 1.29 is 22.7 Å². The predicted octanol–water partition coefficient (Wildman–Crippen LogP) is 5.54. The summed E-state index contributed by atoms with van der Waals surface area (Å²) in [5, 5.41) is 5.07. The zero-order valence-corrected chi connectivity index (χ0v) is 18.1. The van der Waals surface area contributed by atoms with Crippen molar-refractivity contribution in [2.45, 2.75) is 6.18 Å². The Balaban J connectivity index is 1.59. The van der Waals surface area contributed by atoms with Gasteiger partial charge in [-0.1, -0.05) is 11.6 Å². The summed E-state index contributed by atoms with van der Waals surface area (Å²) >= 11 is 5.80. The molecule has 7 nitrogen and oxygen atoms in total. The topological polar surface area (TPSA) is 81.1 Å². The highest BCUT2D eigenvalue weighted by molar-refractivity contribution is 6.31. The van der Waals surface area contributed by atoms with Crippen LogP contribution in [-0.4, -0.2) is 27.5 Å². The van der Waals surface area contributed by atoms with Gasteiger partial charge in [0.2, 0.25) is 5.95 Å². The highest BCUT2D eigenvalue weighted by Crippen LogP contribution is 2.36. The fourth-order valence-corrected chi connectivity index (χ4v) is 3.46. The summed E-state index contributed by atoms with van der Waals surface area (Å²) in [4.78, 5) is 20.3. The van der Waals surface area contributed by atoms with E-state index in [1.807, 2.05) is 0 Å². The number of ether oxygens (including phenoxy) is 1. The number of nitrogens with zero attached hydrogens (tertiary/aromatic N) is 3. The van der Waals surface area contributed by atoms with E-state index in [1.54, 1.807) is 35.9 Å². The Bertz CT molecular complexity index is 1350. The SMILES string of the molecule is CNC(=O)c1cc(Oc2ccc3c(c2)nc(Nc2ccc(C(F)(F)F)c(Cl)c2)n3C)ccn1. The zero-order chi connectivity index (χ0) is 23.8. The summed E-state index contributed by atoms with van der Waals surface area (Å²) in [6.07, 6.45) is -3.06. The third-order valence-corrected chi connectivity index (χ3v) is 5.12. The largest absolute Gasteiger partial charge is 0.457 e. The molecule has 0 aliphatic rings. The van der Waals surface area contributed by atoms with Crippen LogP contribution in [0, 0.1) is 0 Å². The first-order chi connectivity index (χ1) is 15.7. The van der Waals surface area contributed by atoms with Gasteiger partial charge < -0.3 is 19.9 Å². The molecule has 1 amide bonds. The fraction of sp³-hybridized carbons (Fsp3) is 0.136. The van der Waals surface area contributed by atoms with Gasteiger partial charge in [0.1, 0.15) is 17.2 Å². The second-order valence-corrected chi connectivity index (χ2v) is 7.43. The molecular weight excluding hydrogens is 459 g/mol. The number of carbonyl (C=O) groups is 1. The molecule has 2 heterocycles. The van der Waals surface area contributed by atoms with Crippen molar-refractivity contribution in [1.29, 1.82) is 0 Å². The minimum atomic E-state index is -4.53. The second-order valence-electron chi connectivity index (χ2n) is 7.02. The van der Waals surface area contributed by atoms with Crippen molar-refractivity contribution in [2.75, 3.05) is 12.4 Å². The molecule has 4 rings (SSSR count). The van der Waals surface area contributed by atoms with Gasteiger partial charge in [0, 0.05) is 38.1 Å². The number of hydrogen-bond acceptors (Lipinski definition) is 5. The van der Waals surface area contributed by atoms with Gasteiger partial charge in [-0.3, -0.25) is 9.78 Å². The van der Waals surface area contributed by atoms with E-state index in [4.69, 9.17) is 16.3 Å². The van der Waals surface area contributed by atoms with Crippen LogP contribution in [0.1, 0.15) is 16.1 Å². The van der Waals surface area contributed by atoms with E-state index in [9.17, 15) is 18.0 Å². The molecule has 0 aliphatic heterocycles. The number of pyridine rings is 1. The van der Waals surface area contributed by atoms with Gasteiger partial charge in [0.05, 0.1) is 21.6 Å². The summed E-state index contributed by atoms with van der Waals surface area (Å²) in [5.74, 6) is 0.985. The van der Waals surface area contributed by atoms with Crippen molar-refractivity contribution in [1.82, 2.24) is 19.9 Å². The van der Waals surface area contributed by atoms with Crippen molar-refractivity contribution in [3.05, 3.63) is 71.0 Å². The van der Waals surface area contributed by atoms with E-state index in [0.717, 1.165) is 11.6 Å². The molecular formula is C22H17ClF3N5O2. The molecule has 0 saturated carbocycles. The molecule has 2 N–H and O–H groups in total. The molecule has 2 aromatic carbocycles. The summed E-state index contributed by atoms with van der Waals surface area (Å²) in [6.45, 7) is 0. The normalized spacial score (nSPS) is 11.5. The molecule has 170 valence electrons. The first-order valence-corrected chi connectivity index (χ1v) is 10.00. The predicted molar refractivity (Wildman–Crippen MR) is 118 cm³/mol. The maximum Gasteiger partial charge on any atom is 0.417 e. The Morgan fingerprint density at radius 2 is 1.85 bits per heavy atom. The molecule has 0 saturated heterocycles. The lowest BCUT2D eigenvalue weighted by Gasteiger charge is -2.11. The van der Waals surface area contributed by atoms with E-state index in [2.05, 4.69) is 20.6 Å². The van der Waals surface area contributed by atoms with Crippen LogP contribution in [0.2, 0.25) is 5.02 Å². The number of anilines is 2. The molecule has 0 fully saturated rings. The van der Waals surface area contributed by atoms with Crippen molar-refractivity contribution >= 4 is 40.2 Å². The Morgan fingerprint density at radius 3 is 2.55 bits per heavy atom. The van der Waals surface area contributed by atoms with Crippen LogP contribution in [-0.2, 0) is 13.2 Å². The number of rotatable bonds is 5. The third-order valence-electron chi connectivity index (χ3n) is 4.81. The molecule has 2 aromatic heterocycles. The Kier molecular flexibility index (Phi) is 5.86. The molecule has 0 spiro atoms. The molecule has 0 radical (unpaired) electrons. The zero-order valence-electron chi connectivity index (χ0n) is 17.4. The minimum absolute atomic E-state index is 0.218. The Morgan fingerprint density at radius 1 is 1.09 bits per heavy atom. The maximum absolute atomic E-state index is 12.9. The lowest BCUT2D eigenvalue weighted by molar-refractivity contribution is -0.137. The van der Waals surface area contributed by atoms with E-state index < -0.39 is 16.8 Å². The maximum atomic E-state index is 12.9. The van der Waals surface area contributed by atoms with Crippen LogP contribution >= 0.6 is 11.6 Å². The van der Waals surface area contributed by atoms with Crippen LogP contribution in [0.3, 0.4) is 0 Å². The quantitative estimate of drug-likeness (QED) is 0.396. The van der Waals surface area contributed by atoms with Gasteiger partial charge in [-0.15, -0.1) is 0 Å². The number of hydrogen-bond donors (Lipinski definition) is 2. The van der Waals surface area contributed by atoms with Gasteiger partial charge in [-0.05, 0) is 36.4 Å². The van der Waals surface area contributed by atoms with Crippen LogP contribution in [0.5, 0.6) is 11.5 Å². The van der Waals surface area contributed by atoms with Crippen molar-refractivity contribution in [3.8, 4) is 11.5 Å². The Hall–Kier alpha value is -3.79. The number of benzene rings is 2. The molecule has 4 aromatic rings. The van der Waals surface area contributed by atoms with Gasteiger partial charge in [-0.2, -0.15) is 13.2 Å². The van der Waals surface area contributed by atoms with E-state index >= 15 is 0 Å². The van der Waals surface area contributed by atoms with Crippen LogP contribution < -0.4 is 15.4 Å². The van der Waals surface area contributed by atoms with E-state index in [0.29, 0.717) is 28.7 Å². The third kappa shape index (κ3) is 4.70. The number of aryl methyl sites for hydroxylation is 1. The molecule has 0 aliphatic carbocycles. The summed E-state index contributed by atoms with van der Waals surface area (Å²) in [7, 11) is 3.28. The molecule has 0 atom stereocenters. The Labute approximate surface area is 191 Å². The van der Waals surface area contributed by atoms with Crippen LogP contribution in [0.4, 0.5) is 24.8 Å².